The fraction of sp³-hybridized carbons (Fsp3) is 0.867. The van der Waals surface area contributed by atoms with Crippen LogP contribution in [0.25, 0.3) is 0 Å². The summed E-state index contributed by atoms with van der Waals surface area (Å²) < 4.78 is 0. The number of rotatable bonds is 0. The largest absolute Gasteiger partial charge is 0.0842 e. The summed E-state index contributed by atoms with van der Waals surface area (Å²) in [5.74, 6) is 0.958. The van der Waals surface area contributed by atoms with E-state index in [0.29, 0.717) is 16.2 Å². The standard InChI is InChI=1S/C15H24/c1-13(2)11-7-9-14(3,10-11)15(4)8-5-6-12(13)15/h6,11H,5,7-10H2,1-4H3/t11-,14+,15-/m1/s1. The predicted molar refractivity (Wildman–Crippen MR) is 64.7 cm³/mol. The summed E-state index contributed by atoms with van der Waals surface area (Å²) in [5.41, 5.74) is 3.45. The van der Waals surface area contributed by atoms with Crippen molar-refractivity contribution in [3.8, 4) is 0 Å². The summed E-state index contributed by atoms with van der Waals surface area (Å²) in [4.78, 5) is 0. The van der Waals surface area contributed by atoms with E-state index in [0.717, 1.165) is 5.92 Å². The maximum Gasteiger partial charge on any atom is -0.00541 e. The Morgan fingerprint density at radius 3 is 2.60 bits per heavy atom. The van der Waals surface area contributed by atoms with Gasteiger partial charge in [-0.15, -0.1) is 0 Å². The van der Waals surface area contributed by atoms with Gasteiger partial charge in [0.05, 0.1) is 0 Å². The van der Waals surface area contributed by atoms with Gasteiger partial charge >= 0.3 is 0 Å². The van der Waals surface area contributed by atoms with Crippen LogP contribution in [0.15, 0.2) is 11.6 Å². The molecule has 2 saturated carbocycles. The predicted octanol–water partition coefficient (Wildman–Crippen LogP) is 4.56. The molecule has 0 aromatic carbocycles. The first-order valence-corrected chi connectivity index (χ1v) is 6.61. The zero-order valence-corrected chi connectivity index (χ0v) is 10.7. The van der Waals surface area contributed by atoms with E-state index in [4.69, 9.17) is 0 Å². The summed E-state index contributed by atoms with van der Waals surface area (Å²) in [5, 5.41) is 0. The first-order chi connectivity index (χ1) is 6.90. The van der Waals surface area contributed by atoms with E-state index in [9.17, 15) is 0 Å². The van der Waals surface area contributed by atoms with Crippen molar-refractivity contribution in [2.75, 3.05) is 0 Å². The van der Waals surface area contributed by atoms with E-state index in [-0.39, 0.29) is 0 Å². The second-order valence-corrected chi connectivity index (χ2v) is 7.21. The van der Waals surface area contributed by atoms with Crippen molar-refractivity contribution in [1.82, 2.24) is 0 Å². The molecule has 0 heteroatoms. The molecule has 0 N–H and O–H groups in total. The molecule has 0 aromatic rings. The summed E-state index contributed by atoms with van der Waals surface area (Å²) in [6.45, 7) is 10.1. The lowest BCUT2D eigenvalue weighted by Crippen LogP contribution is -2.45. The number of allylic oxidation sites excluding steroid dienone is 2. The Labute approximate surface area is 94.1 Å². The number of hydrogen-bond acceptors (Lipinski definition) is 0. The molecular weight excluding hydrogens is 180 g/mol. The van der Waals surface area contributed by atoms with Crippen LogP contribution in [-0.2, 0) is 0 Å². The lowest BCUT2D eigenvalue weighted by molar-refractivity contribution is 0.0369. The highest BCUT2D eigenvalue weighted by Gasteiger charge is 2.61. The van der Waals surface area contributed by atoms with Crippen LogP contribution in [0.3, 0.4) is 0 Å². The summed E-state index contributed by atoms with van der Waals surface area (Å²) in [7, 11) is 0. The maximum atomic E-state index is 2.58. The molecule has 15 heavy (non-hydrogen) atoms. The molecule has 2 bridgehead atoms. The molecule has 0 aliphatic heterocycles. The monoisotopic (exact) mass is 204 g/mol. The van der Waals surface area contributed by atoms with Crippen LogP contribution >= 0.6 is 0 Å². The molecule has 0 aromatic heterocycles. The lowest BCUT2D eigenvalue weighted by Gasteiger charge is -2.54. The molecule has 0 unspecified atom stereocenters. The van der Waals surface area contributed by atoms with Gasteiger partial charge in [0, 0.05) is 0 Å². The maximum absolute atomic E-state index is 2.58. The van der Waals surface area contributed by atoms with Gasteiger partial charge in [-0.3, -0.25) is 0 Å². The Morgan fingerprint density at radius 1 is 1.13 bits per heavy atom. The van der Waals surface area contributed by atoms with E-state index >= 15 is 0 Å². The topological polar surface area (TPSA) is 0 Å². The SMILES string of the molecule is CC1(C)C2=CCC[C@@]2(C)[C@@]2(C)CC[C@@H]1C2. The third-order valence-corrected chi connectivity index (χ3v) is 6.38. The molecule has 0 saturated heterocycles. The van der Waals surface area contributed by atoms with E-state index in [1.807, 2.05) is 5.57 Å². The van der Waals surface area contributed by atoms with Crippen molar-refractivity contribution in [1.29, 1.82) is 0 Å². The van der Waals surface area contributed by atoms with Crippen molar-refractivity contribution in [3.05, 3.63) is 11.6 Å². The van der Waals surface area contributed by atoms with E-state index in [2.05, 4.69) is 33.8 Å². The van der Waals surface area contributed by atoms with Crippen LogP contribution in [0.5, 0.6) is 0 Å². The average Bonchev–Trinajstić information content (AvgIpc) is 2.69. The fourth-order valence-corrected chi connectivity index (χ4v) is 5.04. The molecule has 3 aliphatic rings. The lowest BCUT2D eigenvalue weighted by atomic mass is 9.50. The minimum Gasteiger partial charge on any atom is -0.0842 e. The van der Waals surface area contributed by atoms with Gasteiger partial charge in [-0.05, 0) is 54.3 Å². The minimum absolute atomic E-state index is 0.487. The third kappa shape index (κ3) is 0.946. The van der Waals surface area contributed by atoms with Gasteiger partial charge in [-0.1, -0.05) is 39.3 Å². The summed E-state index contributed by atoms with van der Waals surface area (Å²) in [6, 6.07) is 0. The van der Waals surface area contributed by atoms with Gasteiger partial charge in [0.2, 0.25) is 0 Å². The first-order valence-electron chi connectivity index (χ1n) is 6.61. The van der Waals surface area contributed by atoms with Crippen LogP contribution in [0, 0.1) is 22.2 Å². The van der Waals surface area contributed by atoms with Crippen molar-refractivity contribution in [3.63, 3.8) is 0 Å². The Hall–Kier alpha value is -0.260. The third-order valence-electron chi connectivity index (χ3n) is 6.38. The zero-order valence-electron chi connectivity index (χ0n) is 10.7. The van der Waals surface area contributed by atoms with Gasteiger partial charge in [0.25, 0.3) is 0 Å². The molecule has 3 atom stereocenters. The highest BCUT2D eigenvalue weighted by Crippen LogP contribution is 2.71. The van der Waals surface area contributed by atoms with E-state index in [1.165, 1.54) is 32.1 Å². The molecule has 0 nitrogen and oxygen atoms in total. The smallest absolute Gasteiger partial charge is 0.00541 e. The molecule has 2 fully saturated rings. The second-order valence-electron chi connectivity index (χ2n) is 7.21. The molecular formula is C15H24. The van der Waals surface area contributed by atoms with Crippen molar-refractivity contribution in [2.24, 2.45) is 22.2 Å². The zero-order chi connectivity index (χ0) is 10.9. The van der Waals surface area contributed by atoms with Crippen LogP contribution < -0.4 is 0 Å². The van der Waals surface area contributed by atoms with Crippen LogP contribution in [0.1, 0.15) is 59.8 Å². The molecule has 84 valence electrons. The van der Waals surface area contributed by atoms with Crippen LogP contribution in [0.2, 0.25) is 0 Å². The molecule has 3 aliphatic carbocycles. The van der Waals surface area contributed by atoms with Gasteiger partial charge in [0.15, 0.2) is 0 Å². The molecule has 0 radical (unpaired) electrons. The Kier molecular flexibility index (Phi) is 1.67. The van der Waals surface area contributed by atoms with E-state index in [1.54, 1.807) is 0 Å². The van der Waals surface area contributed by atoms with Gasteiger partial charge < -0.3 is 0 Å². The van der Waals surface area contributed by atoms with Gasteiger partial charge in [-0.25, -0.2) is 0 Å². The average molecular weight is 204 g/mol. The number of hydrogen-bond donors (Lipinski definition) is 0. The Morgan fingerprint density at radius 2 is 1.87 bits per heavy atom. The summed E-state index contributed by atoms with van der Waals surface area (Å²) in [6.07, 6.45) is 9.74. The highest BCUT2D eigenvalue weighted by molar-refractivity contribution is 5.34. The quantitative estimate of drug-likeness (QED) is 0.507. The molecule has 0 amide bonds. The molecule has 0 heterocycles. The molecule has 0 spiro atoms. The summed E-state index contributed by atoms with van der Waals surface area (Å²) >= 11 is 0. The highest BCUT2D eigenvalue weighted by atomic mass is 14.7. The van der Waals surface area contributed by atoms with Crippen molar-refractivity contribution in [2.45, 2.75) is 59.8 Å². The Bertz CT molecular complexity index is 336. The molecule has 3 rings (SSSR count). The Balaban J connectivity index is 2.17. The minimum atomic E-state index is 0.487. The number of fused-ring (bicyclic) bond motifs is 4. The van der Waals surface area contributed by atoms with Crippen molar-refractivity contribution >= 4 is 0 Å². The van der Waals surface area contributed by atoms with E-state index < -0.39 is 0 Å². The van der Waals surface area contributed by atoms with Gasteiger partial charge in [0.1, 0.15) is 0 Å². The fourth-order valence-electron chi connectivity index (χ4n) is 5.04. The first kappa shape index (κ1) is 9.93. The van der Waals surface area contributed by atoms with Crippen LogP contribution in [-0.4, -0.2) is 0 Å². The normalized spacial score (nSPS) is 51.5. The van der Waals surface area contributed by atoms with Gasteiger partial charge in [-0.2, -0.15) is 0 Å². The van der Waals surface area contributed by atoms with Crippen LogP contribution in [0.4, 0.5) is 0 Å². The van der Waals surface area contributed by atoms with Crippen molar-refractivity contribution < 1.29 is 0 Å². The second kappa shape index (κ2) is 2.52.